The molecule has 1 amide bonds. The molecule has 1 fully saturated rings. The SMILES string of the molecule is Cc1cc(C)c([C@H](C)NC(=O)c2ccc(S(=O)(=O)N3CCCC3)cc2)cc1C. The minimum atomic E-state index is -3.46. The van der Waals surface area contributed by atoms with Crippen LogP contribution in [0.25, 0.3) is 0 Å². The van der Waals surface area contributed by atoms with Crippen LogP contribution in [0.4, 0.5) is 0 Å². The van der Waals surface area contributed by atoms with Crippen molar-refractivity contribution in [3.63, 3.8) is 0 Å². The number of carbonyl (C=O) groups is 1. The molecule has 0 aliphatic carbocycles. The van der Waals surface area contributed by atoms with Crippen molar-refractivity contribution in [3.8, 4) is 0 Å². The highest BCUT2D eigenvalue weighted by Gasteiger charge is 2.27. The van der Waals surface area contributed by atoms with Gasteiger partial charge in [0.2, 0.25) is 10.0 Å². The Balaban J connectivity index is 1.74. The number of aryl methyl sites for hydroxylation is 3. The Hall–Kier alpha value is -2.18. The molecule has 150 valence electrons. The molecule has 0 bridgehead atoms. The van der Waals surface area contributed by atoms with Crippen LogP contribution in [0.5, 0.6) is 0 Å². The molecule has 0 saturated carbocycles. The van der Waals surface area contributed by atoms with Crippen molar-refractivity contribution in [1.29, 1.82) is 0 Å². The van der Waals surface area contributed by atoms with E-state index in [0.717, 1.165) is 24.0 Å². The summed E-state index contributed by atoms with van der Waals surface area (Å²) in [5, 5.41) is 3.01. The zero-order chi connectivity index (χ0) is 20.5. The van der Waals surface area contributed by atoms with E-state index in [9.17, 15) is 13.2 Å². The molecule has 1 aliphatic heterocycles. The standard InChI is InChI=1S/C22H28N2O3S/c1-15-13-17(3)21(14-16(15)2)18(4)23-22(25)19-7-9-20(10-8-19)28(26,27)24-11-5-6-12-24/h7-10,13-14,18H,5-6,11-12H2,1-4H3,(H,23,25)/t18-/m0/s1. The van der Waals surface area contributed by atoms with E-state index in [0.29, 0.717) is 18.7 Å². The summed E-state index contributed by atoms with van der Waals surface area (Å²) in [6.45, 7) is 9.28. The number of sulfonamides is 1. The third kappa shape index (κ3) is 4.13. The van der Waals surface area contributed by atoms with E-state index in [4.69, 9.17) is 0 Å². The van der Waals surface area contributed by atoms with Gasteiger partial charge in [0.15, 0.2) is 0 Å². The van der Waals surface area contributed by atoms with Crippen molar-refractivity contribution < 1.29 is 13.2 Å². The highest BCUT2D eigenvalue weighted by atomic mass is 32.2. The molecule has 0 unspecified atom stereocenters. The maximum atomic E-state index is 12.6. The summed E-state index contributed by atoms with van der Waals surface area (Å²) in [7, 11) is -3.46. The average molecular weight is 401 g/mol. The quantitative estimate of drug-likeness (QED) is 0.828. The molecule has 1 saturated heterocycles. The van der Waals surface area contributed by atoms with Gasteiger partial charge in [-0.25, -0.2) is 8.42 Å². The molecular weight excluding hydrogens is 372 g/mol. The zero-order valence-electron chi connectivity index (χ0n) is 17.0. The van der Waals surface area contributed by atoms with Crippen LogP contribution in [0.1, 0.15) is 58.4 Å². The first-order chi connectivity index (χ1) is 13.2. The number of benzene rings is 2. The van der Waals surface area contributed by atoms with Crippen molar-refractivity contribution in [1.82, 2.24) is 9.62 Å². The predicted molar refractivity (Wildman–Crippen MR) is 111 cm³/mol. The smallest absolute Gasteiger partial charge is 0.251 e. The van der Waals surface area contributed by atoms with Crippen LogP contribution < -0.4 is 5.32 Å². The van der Waals surface area contributed by atoms with Crippen molar-refractivity contribution >= 4 is 15.9 Å². The Morgan fingerprint density at radius 1 is 0.964 bits per heavy atom. The molecular formula is C22H28N2O3S. The van der Waals surface area contributed by atoms with Crippen LogP contribution in [-0.4, -0.2) is 31.7 Å². The Kier molecular flexibility index (Phi) is 5.91. The summed E-state index contributed by atoms with van der Waals surface area (Å²) in [5.41, 5.74) is 5.11. The zero-order valence-corrected chi connectivity index (χ0v) is 17.8. The third-order valence-corrected chi connectivity index (χ3v) is 7.43. The van der Waals surface area contributed by atoms with Crippen LogP contribution in [0.3, 0.4) is 0 Å². The minimum Gasteiger partial charge on any atom is -0.346 e. The highest BCUT2D eigenvalue weighted by Crippen LogP contribution is 2.23. The lowest BCUT2D eigenvalue weighted by atomic mass is 9.96. The van der Waals surface area contributed by atoms with Crippen molar-refractivity contribution in [2.24, 2.45) is 0 Å². The molecule has 0 aromatic heterocycles. The van der Waals surface area contributed by atoms with E-state index < -0.39 is 10.0 Å². The lowest BCUT2D eigenvalue weighted by molar-refractivity contribution is 0.0939. The van der Waals surface area contributed by atoms with Gasteiger partial charge in [-0.3, -0.25) is 4.79 Å². The highest BCUT2D eigenvalue weighted by molar-refractivity contribution is 7.89. The van der Waals surface area contributed by atoms with Gasteiger partial charge in [0.25, 0.3) is 5.91 Å². The van der Waals surface area contributed by atoms with Gasteiger partial charge in [0.05, 0.1) is 10.9 Å². The van der Waals surface area contributed by atoms with Crippen molar-refractivity contribution in [2.45, 2.75) is 51.5 Å². The second-order valence-electron chi connectivity index (χ2n) is 7.62. The fourth-order valence-corrected chi connectivity index (χ4v) is 5.18. The number of nitrogens with zero attached hydrogens (tertiary/aromatic N) is 1. The van der Waals surface area contributed by atoms with Gasteiger partial charge >= 0.3 is 0 Å². The molecule has 1 heterocycles. The second kappa shape index (κ2) is 8.05. The normalized spacial score (nSPS) is 16.1. The Morgan fingerprint density at radius 3 is 2.14 bits per heavy atom. The van der Waals surface area contributed by atoms with Gasteiger partial charge < -0.3 is 5.32 Å². The summed E-state index contributed by atoms with van der Waals surface area (Å²) >= 11 is 0. The summed E-state index contributed by atoms with van der Waals surface area (Å²) in [4.78, 5) is 12.9. The molecule has 2 aromatic rings. The molecule has 5 nitrogen and oxygen atoms in total. The third-order valence-electron chi connectivity index (χ3n) is 5.52. The van der Waals surface area contributed by atoms with Crippen LogP contribution in [0.15, 0.2) is 41.3 Å². The molecule has 0 radical (unpaired) electrons. The molecule has 1 aliphatic rings. The fourth-order valence-electron chi connectivity index (χ4n) is 3.66. The number of amides is 1. The summed E-state index contributed by atoms with van der Waals surface area (Å²) in [6, 6.07) is 10.3. The topological polar surface area (TPSA) is 66.5 Å². The van der Waals surface area contributed by atoms with Gasteiger partial charge in [0, 0.05) is 18.7 Å². The van der Waals surface area contributed by atoms with Gasteiger partial charge in [-0.1, -0.05) is 12.1 Å². The molecule has 6 heteroatoms. The maximum Gasteiger partial charge on any atom is 0.251 e. The number of carbonyl (C=O) groups excluding carboxylic acids is 1. The largest absolute Gasteiger partial charge is 0.346 e. The van der Waals surface area contributed by atoms with E-state index >= 15 is 0 Å². The van der Waals surface area contributed by atoms with Crippen molar-refractivity contribution in [3.05, 3.63) is 64.2 Å². The molecule has 0 spiro atoms. The van der Waals surface area contributed by atoms with Gasteiger partial charge in [-0.15, -0.1) is 0 Å². The monoisotopic (exact) mass is 400 g/mol. The predicted octanol–water partition coefficient (Wildman–Crippen LogP) is 3.89. The van der Waals surface area contributed by atoms with Crippen molar-refractivity contribution in [2.75, 3.05) is 13.1 Å². The van der Waals surface area contributed by atoms with Crippen LogP contribution in [0, 0.1) is 20.8 Å². The average Bonchev–Trinajstić information content (AvgIpc) is 3.20. The Labute approximate surface area is 167 Å². The van der Waals surface area contributed by atoms with E-state index in [1.807, 2.05) is 13.8 Å². The van der Waals surface area contributed by atoms with Crippen LogP contribution in [0.2, 0.25) is 0 Å². The van der Waals surface area contributed by atoms with Gasteiger partial charge in [0.1, 0.15) is 0 Å². The van der Waals surface area contributed by atoms with Gasteiger partial charge in [-0.2, -0.15) is 4.31 Å². The molecule has 1 N–H and O–H groups in total. The Bertz CT molecular complexity index is 976. The number of nitrogens with one attached hydrogen (secondary N) is 1. The van der Waals surface area contributed by atoms with Crippen LogP contribution >= 0.6 is 0 Å². The number of hydrogen-bond acceptors (Lipinski definition) is 3. The van der Waals surface area contributed by atoms with E-state index in [1.165, 1.54) is 27.6 Å². The minimum absolute atomic E-state index is 0.139. The van der Waals surface area contributed by atoms with E-state index in [2.05, 4.69) is 31.3 Å². The molecule has 1 atom stereocenters. The first-order valence-corrected chi connectivity index (χ1v) is 11.1. The summed E-state index contributed by atoms with van der Waals surface area (Å²) in [6.07, 6.45) is 1.80. The Morgan fingerprint density at radius 2 is 1.54 bits per heavy atom. The second-order valence-corrected chi connectivity index (χ2v) is 9.56. The summed E-state index contributed by atoms with van der Waals surface area (Å²) < 4.78 is 26.7. The number of hydrogen-bond donors (Lipinski definition) is 1. The molecule has 2 aromatic carbocycles. The summed E-state index contributed by atoms with van der Waals surface area (Å²) in [5.74, 6) is -0.213. The van der Waals surface area contributed by atoms with Crippen LogP contribution in [-0.2, 0) is 10.0 Å². The number of rotatable bonds is 5. The molecule has 28 heavy (non-hydrogen) atoms. The first kappa shape index (κ1) is 20.6. The van der Waals surface area contributed by atoms with Gasteiger partial charge in [-0.05, 0) is 87.1 Å². The van der Waals surface area contributed by atoms with E-state index in [1.54, 1.807) is 12.1 Å². The molecule has 3 rings (SSSR count). The van der Waals surface area contributed by atoms with E-state index in [-0.39, 0.29) is 16.8 Å². The maximum absolute atomic E-state index is 12.6. The lowest BCUT2D eigenvalue weighted by Gasteiger charge is -2.19. The fraction of sp³-hybridized carbons (Fsp3) is 0.409. The lowest BCUT2D eigenvalue weighted by Crippen LogP contribution is -2.28. The first-order valence-electron chi connectivity index (χ1n) is 9.69.